The first-order chi connectivity index (χ1) is 8.50. The Labute approximate surface area is 112 Å². The van der Waals surface area contributed by atoms with Crippen LogP contribution in [-0.2, 0) is 6.54 Å². The second-order valence-corrected chi connectivity index (χ2v) is 4.37. The van der Waals surface area contributed by atoms with Crippen molar-refractivity contribution in [2.24, 2.45) is 5.73 Å². The van der Waals surface area contributed by atoms with Gasteiger partial charge in [-0.25, -0.2) is 4.79 Å². The zero-order valence-electron chi connectivity index (χ0n) is 9.48. The molecule has 4 N–H and O–H groups in total. The van der Waals surface area contributed by atoms with Crippen molar-refractivity contribution in [2.45, 2.75) is 6.54 Å². The van der Waals surface area contributed by atoms with Crippen LogP contribution in [0.2, 0.25) is 0 Å². The fraction of sp³-hybridized carbons (Fsp3) is 0.300. The number of benzene rings is 1. The van der Waals surface area contributed by atoms with E-state index in [1.165, 1.54) is 6.07 Å². The van der Waals surface area contributed by atoms with E-state index in [0.29, 0.717) is 24.1 Å². The molecule has 0 aliphatic heterocycles. The summed E-state index contributed by atoms with van der Waals surface area (Å²) in [4.78, 5) is 20.7. The van der Waals surface area contributed by atoms with E-state index in [4.69, 9.17) is 5.73 Å². The maximum absolute atomic E-state index is 10.7. The van der Waals surface area contributed by atoms with Gasteiger partial charge >= 0.3 is 6.03 Å². The van der Waals surface area contributed by atoms with Crippen molar-refractivity contribution >= 4 is 27.6 Å². The molecule has 0 radical (unpaired) electrons. The summed E-state index contributed by atoms with van der Waals surface area (Å²) in [7, 11) is 0. The number of nitro benzene ring substituents is 1. The SMILES string of the molecule is NC(=O)NCCNCc1ccc(Br)c([N+](=O)[O-])c1. The normalized spacial score (nSPS) is 10.1. The highest BCUT2D eigenvalue weighted by Crippen LogP contribution is 2.25. The lowest BCUT2D eigenvalue weighted by molar-refractivity contribution is -0.385. The van der Waals surface area contributed by atoms with Crippen LogP contribution in [0.4, 0.5) is 10.5 Å². The predicted octanol–water partition coefficient (Wildman–Crippen LogP) is 1.12. The Bertz CT molecular complexity index is 453. The fourth-order valence-corrected chi connectivity index (χ4v) is 1.71. The molecule has 0 spiro atoms. The van der Waals surface area contributed by atoms with Crippen molar-refractivity contribution in [1.82, 2.24) is 10.6 Å². The van der Waals surface area contributed by atoms with Gasteiger partial charge in [-0.05, 0) is 27.6 Å². The highest BCUT2D eigenvalue weighted by atomic mass is 79.9. The van der Waals surface area contributed by atoms with Gasteiger partial charge < -0.3 is 16.4 Å². The molecule has 0 bridgehead atoms. The molecule has 1 aromatic carbocycles. The molecule has 8 heteroatoms. The Morgan fingerprint density at radius 1 is 1.44 bits per heavy atom. The molecule has 2 amide bonds. The minimum atomic E-state index is -0.573. The topological polar surface area (TPSA) is 110 Å². The lowest BCUT2D eigenvalue weighted by atomic mass is 10.2. The molecule has 0 saturated heterocycles. The zero-order chi connectivity index (χ0) is 13.5. The summed E-state index contributed by atoms with van der Waals surface area (Å²) in [5.74, 6) is 0. The van der Waals surface area contributed by atoms with Crippen LogP contribution in [-0.4, -0.2) is 24.0 Å². The van der Waals surface area contributed by atoms with Crippen LogP contribution in [0.25, 0.3) is 0 Å². The molecule has 1 rings (SSSR count). The molecule has 7 nitrogen and oxygen atoms in total. The summed E-state index contributed by atoms with van der Waals surface area (Å²) in [6.45, 7) is 1.43. The van der Waals surface area contributed by atoms with Crippen molar-refractivity contribution in [3.63, 3.8) is 0 Å². The van der Waals surface area contributed by atoms with E-state index in [2.05, 4.69) is 26.6 Å². The van der Waals surface area contributed by atoms with Gasteiger partial charge in [-0.15, -0.1) is 0 Å². The third-order valence-electron chi connectivity index (χ3n) is 2.14. The zero-order valence-corrected chi connectivity index (χ0v) is 11.1. The molecule has 0 aromatic heterocycles. The van der Waals surface area contributed by atoms with E-state index in [0.717, 1.165) is 5.56 Å². The Balaban J connectivity index is 2.45. The van der Waals surface area contributed by atoms with Gasteiger partial charge in [0.05, 0.1) is 9.40 Å². The second-order valence-electron chi connectivity index (χ2n) is 3.51. The van der Waals surface area contributed by atoms with Crippen LogP contribution in [0.15, 0.2) is 22.7 Å². The summed E-state index contributed by atoms with van der Waals surface area (Å²) in [6.07, 6.45) is 0. The fourth-order valence-electron chi connectivity index (χ4n) is 1.31. The Morgan fingerprint density at radius 3 is 2.78 bits per heavy atom. The van der Waals surface area contributed by atoms with Crippen molar-refractivity contribution < 1.29 is 9.72 Å². The van der Waals surface area contributed by atoms with E-state index >= 15 is 0 Å². The lowest BCUT2D eigenvalue weighted by Crippen LogP contribution is -2.35. The molecule has 0 saturated carbocycles. The summed E-state index contributed by atoms with van der Waals surface area (Å²) in [6, 6.07) is 4.34. The average molecular weight is 317 g/mol. The maximum atomic E-state index is 10.7. The largest absolute Gasteiger partial charge is 0.352 e. The van der Waals surface area contributed by atoms with Crippen LogP contribution < -0.4 is 16.4 Å². The van der Waals surface area contributed by atoms with Gasteiger partial charge in [0.15, 0.2) is 0 Å². The molecule has 0 unspecified atom stereocenters. The first kappa shape index (κ1) is 14.4. The summed E-state index contributed by atoms with van der Waals surface area (Å²) >= 11 is 3.12. The van der Waals surface area contributed by atoms with Crippen LogP contribution >= 0.6 is 15.9 Å². The number of nitrogens with zero attached hydrogens (tertiary/aromatic N) is 1. The molecule has 98 valence electrons. The van der Waals surface area contributed by atoms with Crippen molar-refractivity contribution in [2.75, 3.05) is 13.1 Å². The number of amides is 2. The van der Waals surface area contributed by atoms with Gasteiger partial charge in [0, 0.05) is 25.7 Å². The number of halogens is 1. The highest BCUT2D eigenvalue weighted by molar-refractivity contribution is 9.10. The molecule has 0 aliphatic rings. The Hall–Kier alpha value is -1.67. The number of hydrogen-bond acceptors (Lipinski definition) is 4. The summed E-state index contributed by atoms with van der Waals surface area (Å²) in [5, 5.41) is 16.2. The number of nitrogens with one attached hydrogen (secondary N) is 2. The molecule has 0 heterocycles. The molecule has 0 aliphatic carbocycles. The van der Waals surface area contributed by atoms with Gasteiger partial charge in [0.25, 0.3) is 5.69 Å². The Kier molecular flexibility index (Phi) is 5.53. The number of urea groups is 1. The smallest absolute Gasteiger partial charge is 0.312 e. The van der Waals surface area contributed by atoms with E-state index in [-0.39, 0.29) is 5.69 Å². The van der Waals surface area contributed by atoms with Crippen LogP contribution in [0.5, 0.6) is 0 Å². The first-order valence-electron chi connectivity index (χ1n) is 5.17. The van der Waals surface area contributed by atoms with Gasteiger partial charge in [0.1, 0.15) is 0 Å². The molecular formula is C10H13BrN4O3. The van der Waals surface area contributed by atoms with E-state index in [1.54, 1.807) is 12.1 Å². The van der Waals surface area contributed by atoms with E-state index in [9.17, 15) is 14.9 Å². The summed E-state index contributed by atoms with van der Waals surface area (Å²) in [5.41, 5.74) is 5.72. The standard InChI is InChI=1S/C10H13BrN4O3/c11-8-2-1-7(5-9(8)15(17)18)6-13-3-4-14-10(12)16/h1-2,5,13H,3-4,6H2,(H3,12,14,16). The van der Waals surface area contributed by atoms with E-state index < -0.39 is 11.0 Å². The predicted molar refractivity (Wildman–Crippen MR) is 70.1 cm³/mol. The monoisotopic (exact) mass is 316 g/mol. The number of nitro groups is 1. The first-order valence-corrected chi connectivity index (χ1v) is 5.97. The summed E-state index contributed by atoms with van der Waals surface area (Å²) < 4.78 is 0.451. The van der Waals surface area contributed by atoms with Crippen molar-refractivity contribution in [3.05, 3.63) is 38.3 Å². The number of primary amides is 1. The number of nitrogens with two attached hydrogens (primary N) is 1. The molecule has 0 atom stereocenters. The average Bonchev–Trinajstić information content (AvgIpc) is 2.30. The highest BCUT2D eigenvalue weighted by Gasteiger charge is 2.11. The van der Waals surface area contributed by atoms with Crippen molar-refractivity contribution in [1.29, 1.82) is 0 Å². The second kappa shape index (κ2) is 6.92. The molecule has 18 heavy (non-hydrogen) atoms. The molecule has 0 fully saturated rings. The maximum Gasteiger partial charge on any atom is 0.312 e. The van der Waals surface area contributed by atoms with Crippen LogP contribution in [0.3, 0.4) is 0 Å². The van der Waals surface area contributed by atoms with Gasteiger partial charge in [0.2, 0.25) is 0 Å². The number of carbonyl (C=O) groups excluding carboxylic acids is 1. The minimum Gasteiger partial charge on any atom is -0.352 e. The van der Waals surface area contributed by atoms with Crippen LogP contribution in [0.1, 0.15) is 5.56 Å². The van der Waals surface area contributed by atoms with E-state index in [1.807, 2.05) is 0 Å². The van der Waals surface area contributed by atoms with Gasteiger partial charge in [-0.1, -0.05) is 6.07 Å². The third kappa shape index (κ3) is 4.68. The van der Waals surface area contributed by atoms with Gasteiger partial charge in [-0.3, -0.25) is 10.1 Å². The molecule has 1 aromatic rings. The lowest BCUT2D eigenvalue weighted by Gasteiger charge is -2.05. The van der Waals surface area contributed by atoms with Crippen LogP contribution in [0, 0.1) is 10.1 Å². The van der Waals surface area contributed by atoms with Crippen molar-refractivity contribution in [3.8, 4) is 0 Å². The third-order valence-corrected chi connectivity index (χ3v) is 2.81. The quantitative estimate of drug-likeness (QED) is 0.415. The number of carbonyl (C=O) groups is 1. The Morgan fingerprint density at radius 2 is 2.17 bits per heavy atom. The number of hydrogen-bond donors (Lipinski definition) is 3. The minimum absolute atomic E-state index is 0.0320. The molecular weight excluding hydrogens is 304 g/mol. The number of rotatable bonds is 6. The van der Waals surface area contributed by atoms with Gasteiger partial charge in [-0.2, -0.15) is 0 Å².